The number of allylic oxidation sites excluding steroid dienone is 10. The molecule has 0 aromatic rings. The molecule has 0 radical (unpaired) electrons. The van der Waals surface area contributed by atoms with Gasteiger partial charge in [-0.25, -0.2) is 0 Å². The molecule has 0 aliphatic carbocycles. The Morgan fingerprint density at radius 1 is 0.500 bits per heavy atom. The topological polar surface area (TPSA) is 72.8 Å². The maximum atomic E-state index is 12.1. The van der Waals surface area contributed by atoms with Crippen molar-refractivity contribution in [1.82, 2.24) is 0 Å². The highest BCUT2D eigenvalue weighted by Crippen LogP contribution is 2.14. The van der Waals surface area contributed by atoms with Crippen LogP contribution in [0.1, 0.15) is 181 Å². The molecule has 276 valence electrons. The molecule has 0 spiro atoms. The van der Waals surface area contributed by atoms with Gasteiger partial charge in [-0.2, -0.15) is 0 Å². The van der Waals surface area contributed by atoms with Gasteiger partial charge in [0.1, 0.15) is 6.61 Å². The van der Waals surface area contributed by atoms with E-state index in [0.29, 0.717) is 12.8 Å². The van der Waals surface area contributed by atoms with Crippen molar-refractivity contribution in [2.75, 3.05) is 13.2 Å². The van der Waals surface area contributed by atoms with Crippen LogP contribution in [0.15, 0.2) is 60.8 Å². The molecule has 5 nitrogen and oxygen atoms in total. The van der Waals surface area contributed by atoms with Gasteiger partial charge in [0.15, 0.2) is 6.10 Å². The molecule has 0 rings (SSSR count). The van der Waals surface area contributed by atoms with Crippen molar-refractivity contribution in [2.24, 2.45) is 0 Å². The summed E-state index contributed by atoms with van der Waals surface area (Å²) in [5.41, 5.74) is 0. The predicted molar refractivity (Wildman–Crippen MR) is 205 cm³/mol. The molecule has 5 heteroatoms. The van der Waals surface area contributed by atoms with Gasteiger partial charge >= 0.3 is 11.9 Å². The number of aliphatic hydroxyl groups is 1. The minimum absolute atomic E-state index is 0.0885. The highest BCUT2D eigenvalue weighted by Gasteiger charge is 2.15. The second-order valence-corrected chi connectivity index (χ2v) is 13.0. The fourth-order valence-electron chi connectivity index (χ4n) is 5.35. The van der Waals surface area contributed by atoms with E-state index in [9.17, 15) is 14.7 Å². The first-order chi connectivity index (χ1) is 23.6. The highest BCUT2D eigenvalue weighted by molar-refractivity contribution is 5.70. The molecule has 0 saturated heterocycles. The summed E-state index contributed by atoms with van der Waals surface area (Å²) >= 11 is 0. The number of hydrogen-bond acceptors (Lipinski definition) is 5. The van der Waals surface area contributed by atoms with Gasteiger partial charge in [0.05, 0.1) is 6.61 Å². The van der Waals surface area contributed by atoms with E-state index in [-0.39, 0.29) is 31.6 Å². The minimum atomic E-state index is -0.800. The monoisotopic (exact) mass is 671 g/mol. The summed E-state index contributed by atoms with van der Waals surface area (Å²) in [6.07, 6.45) is 50.0. The predicted octanol–water partition coefficient (Wildman–Crippen LogP) is 12.4. The highest BCUT2D eigenvalue weighted by atomic mass is 16.6. The molecule has 0 aliphatic heterocycles. The summed E-state index contributed by atoms with van der Waals surface area (Å²) in [4.78, 5) is 24.2. The van der Waals surface area contributed by atoms with Crippen molar-refractivity contribution in [3.63, 3.8) is 0 Å². The van der Waals surface area contributed by atoms with Crippen molar-refractivity contribution in [1.29, 1.82) is 0 Å². The lowest BCUT2D eigenvalue weighted by atomic mass is 10.0. The van der Waals surface area contributed by atoms with Gasteiger partial charge in [-0.1, -0.05) is 177 Å². The fourth-order valence-corrected chi connectivity index (χ4v) is 5.35. The number of carbonyl (C=O) groups is 2. The van der Waals surface area contributed by atoms with E-state index in [4.69, 9.17) is 9.47 Å². The van der Waals surface area contributed by atoms with Crippen molar-refractivity contribution in [2.45, 2.75) is 187 Å². The summed E-state index contributed by atoms with van der Waals surface area (Å²) in [7, 11) is 0. The second-order valence-electron chi connectivity index (χ2n) is 13.0. The molecule has 0 bridgehead atoms. The zero-order valence-electron chi connectivity index (χ0n) is 31.2. The quantitative estimate of drug-likeness (QED) is 0.0413. The van der Waals surface area contributed by atoms with Gasteiger partial charge in [-0.05, 0) is 51.4 Å². The van der Waals surface area contributed by atoms with Gasteiger partial charge < -0.3 is 14.6 Å². The summed E-state index contributed by atoms with van der Waals surface area (Å²) < 4.78 is 10.6. The number of esters is 2. The molecular formula is C43H74O5. The SMILES string of the molecule is CCC=CCC=CCC=CCC=CCC=CCCCC(=O)O[C@@H](CO)COC(=O)CCCCCCCCCCCCCCCCCCC. The number of ether oxygens (including phenoxy) is 2. The van der Waals surface area contributed by atoms with Crippen LogP contribution in [-0.2, 0) is 19.1 Å². The van der Waals surface area contributed by atoms with Crippen LogP contribution in [-0.4, -0.2) is 36.4 Å². The van der Waals surface area contributed by atoms with Crippen LogP contribution < -0.4 is 0 Å². The van der Waals surface area contributed by atoms with Crippen LogP contribution in [0.2, 0.25) is 0 Å². The molecule has 0 fully saturated rings. The molecular weight excluding hydrogens is 596 g/mol. The third-order valence-corrected chi connectivity index (χ3v) is 8.33. The fraction of sp³-hybridized carbons (Fsp3) is 0.721. The Morgan fingerprint density at radius 3 is 1.33 bits per heavy atom. The summed E-state index contributed by atoms with van der Waals surface area (Å²) in [5.74, 6) is -0.658. The summed E-state index contributed by atoms with van der Waals surface area (Å²) in [5, 5.41) is 9.54. The molecule has 0 saturated carbocycles. The second kappa shape index (κ2) is 39.0. The van der Waals surface area contributed by atoms with E-state index in [0.717, 1.165) is 57.8 Å². The number of unbranched alkanes of at least 4 members (excludes halogenated alkanes) is 17. The largest absolute Gasteiger partial charge is 0.462 e. The van der Waals surface area contributed by atoms with Crippen LogP contribution >= 0.6 is 0 Å². The Bertz CT molecular complexity index is 853. The Labute approximate surface area is 296 Å². The van der Waals surface area contributed by atoms with Gasteiger partial charge in [-0.15, -0.1) is 0 Å². The Kier molecular flexibility index (Phi) is 37.1. The third kappa shape index (κ3) is 36.4. The molecule has 0 amide bonds. The van der Waals surface area contributed by atoms with Crippen LogP contribution in [0, 0.1) is 0 Å². The number of carbonyl (C=O) groups excluding carboxylic acids is 2. The lowest BCUT2D eigenvalue weighted by molar-refractivity contribution is -0.161. The average Bonchev–Trinajstić information content (AvgIpc) is 3.09. The smallest absolute Gasteiger partial charge is 0.306 e. The molecule has 0 unspecified atom stereocenters. The van der Waals surface area contributed by atoms with Crippen molar-refractivity contribution in [3.8, 4) is 0 Å². The zero-order chi connectivity index (χ0) is 35.0. The first-order valence-corrected chi connectivity index (χ1v) is 19.8. The van der Waals surface area contributed by atoms with Gasteiger partial charge in [-0.3, -0.25) is 9.59 Å². The van der Waals surface area contributed by atoms with E-state index >= 15 is 0 Å². The first-order valence-electron chi connectivity index (χ1n) is 19.8. The number of hydrogen-bond donors (Lipinski definition) is 1. The number of rotatable bonds is 35. The minimum Gasteiger partial charge on any atom is -0.462 e. The van der Waals surface area contributed by atoms with E-state index in [1.54, 1.807) is 0 Å². The Morgan fingerprint density at radius 2 is 0.896 bits per heavy atom. The lowest BCUT2D eigenvalue weighted by Gasteiger charge is -2.15. The van der Waals surface area contributed by atoms with E-state index in [1.165, 1.54) is 89.9 Å². The molecule has 1 N–H and O–H groups in total. The van der Waals surface area contributed by atoms with Crippen LogP contribution in [0.3, 0.4) is 0 Å². The van der Waals surface area contributed by atoms with Crippen molar-refractivity contribution < 1.29 is 24.2 Å². The molecule has 0 aliphatic rings. The molecule has 0 aromatic carbocycles. The molecule has 48 heavy (non-hydrogen) atoms. The Balaban J connectivity index is 3.64. The van der Waals surface area contributed by atoms with Gasteiger partial charge in [0.25, 0.3) is 0 Å². The van der Waals surface area contributed by atoms with Crippen LogP contribution in [0.5, 0.6) is 0 Å². The maximum Gasteiger partial charge on any atom is 0.306 e. The molecule has 0 heterocycles. The third-order valence-electron chi connectivity index (χ3n) is 8.33. The van der Waals surface area contributed by atoms with E-state index in [2.05, 4.69) is 74.6 Å². The van der Waals surface area contributed by atoms with Crippen molar-refractivity contribution in [3.05, 3.63) is 60.8 Å². The maximum absolute atomic E-state index is 12.1. The van der Waals surface area contributed by atoms with Gasteiger partial charge in [0.2, 0.25) is 0 Å². The van der Waals surface area contributed by atoms with Crippen LogP contribution in [0.4, 0.5) is 0 Å². The molecule has 0 aromatic heterocycles. The first kappa shape index (κ1) is 45.6. The summed E-state index contributed by atoms with van der Waals surface area (Å²) in [6.45, 7) is 3.98. The summed E-state index contributed by atoms with van der Waals surface area (Å²) in [6, 6.07) is 0. The zero-order valence-corrected chi connectivity index (χ0v) is 31.2. The van der Waals surface area contributed by atoms with E-state index in [1.807, 2.05) is 0 Å². The van der Waals surface area contributed by atoms with Crippen LogP contribution in [0.25, 0.3) is 0 Å². The van der Waals surface area contributed by atoms with E-state index < -0.39 is 6.10 Å². The Hall–Kier alpha value is -2.40. The number of aliphatic hydroxyl groups excluding tert-OH is 1. The van der Waals surface area contributed by atoms with Crippen molar-refractivity contribution >= 4 is 11.9 Å². The lowest BCUT2D eigenvalue weighted by Crippen LogP contribution is -2.28. The average molecular weight is 671 g/mol. The van der Waals surface area contributed by atoms with Gasteiger partial charge in [0, 0.05) is 12.8 Å². The standard InChI is InChI=1S/C43H74O5/c1-3-5-7-9-11-13-15-17-19-21-23-25-27-29-31-33-35-37-42(45)47-40-41(39-44)48-43(46)38-36-34-32-30-28-26-24-22-20-18-16-14-12-10-8-6-4-2/h6,8,12,14,18,20,24,26,30,32,41,44H,3-5,7,9-11,13,15-17,19,21-23,25,27-29,31,33-40H2,1-2H3/t41-/m0/s1. The molecule has 1 atom stereocenters. The normalized spacial score (nSPS) is 12.8.